The van der Waals surface area contributed by atoms with Gasteiger partial charge in [-0.15, -0.1) is 16.7 Å². The zero-order valence-corrected chi connectivity index (χ0v) is 11.5. The van der Waals surface area contributed by atoms with Crippen molar-refractivity contribution in [1.29, 1.82) is 0 Å². The van der Waals surface area contributed by atoms with Crippen molar-refractivity contribution in [1.82, 2.24) is 10.2 Å². The Morgan fingerprint density at radius 3 is 2.33 bits per heavy atom. The van der Waals surface area contributed by atoms with Gasteiger partial charge in [-0.25, -0.2) is 0 Å². The maximum absolute atomic E-state index is 5.73. The Hall–Kier alpha value is -0.830. The highest BCUT2D eigenvalue weighted by Gasteiger charge is 2.37. The van der Waals surface area contributed by atoms with Crippen LogP contribution >= 0.6 is 11.6 Å². The van der Waals surface area contributed by atoms with Gasteiger partial charge >= 0.3 is 0 Å². The largest absolute Gasteiger partial charge is 0.355 e. The smallest absolute Gasteiger partial charge is 0.151 e. The summed E-state index contributed by atoms with van der Waals surface area (Å²) in [6.07, 6.45) is 8.40. The predicted molar refractivity (Wildman–Crippen MR) is 73.9 cm³/mol. The zero-order valence-electron chi connectivity index (χ0n) is 10.7. The summed E-state index contributed by atoms with van der Waals surface area (Å²) >= 11 is 5.73. The van der Waals surface area contributed by atoms with Gasteiger partial charge in [0.05, 0.1) is 11.6 Å². The maximum Gasteiger partial charge on any atom is 0.151 e. The van der Waals surface area contributed by atoms with Crippen molar-refractivity contribution in [2.75, 3.05) is 18.0 Å². The van der Waals surface area contributed by atoms with Gasteiger partial charge in [-0.3, -0.25) is 0 Å². The van der Waals surface area contributed by atoms with Crippen LogP contribution in [0.1, 0.15) is 44.2 Å². The standard InChI is InChI=1S/C14H20ClN3/c15-11-12-3-4-13(17-16-12)18-9-7-14(8-10-18)5-1-2-6-14/h3-4H,1-2,5-11H2. The van der Waals surface area contributed by atoms with Gasteiger partial charge in [0.25, 0.3) is 0 Å². The molecule has 2 heterocycles. The molecule has 3 rings (SSSR count). The van der Waals surface area contributed by atoms with Crippen LogP contribution in [0.3, 0.4) is 0 Å². The summed E-state index contributed by atoms with van der Waals surface area (Å²) in [7, 11) is 0. The highest BCUT2D eigenvalue weighted by Crippen LogP contribution is 2.46. The lowest BCUT2D eigenvalue weighted by atomic mass is 9.77. The van der Waals surface area contributed by atoms with E-state index in [9.17, 15) is 0 Å². The molecular formula is C14H20ClN3. The lowest BCUT2D eigenvalue weighted by molar-refractivity contribution is 0.226. The van der Waals surface area contributed by atoms with Crippen molar-refractivity contribution >= 4 is 17.4 Å². The van der Waals surface area contributed by atoms with Crippen LogP contribution < -0.4 is 4.90 Å². The molecule has 98 valence electrons. The summed E-state index contributed by atoms with van der Waals surface area (Å²) < 4.78 is 0. The normalized spacial score (nSPS) is 22.6. The number of aromatic nitrogens is 2. The minimum absolute atomic E-state index is 0.441. The molecule has 1 aromatic rings. The topological polar surface area (TPSA) is 29.0 Å². The van der Waals surface area contributed by atoms with Gasteiger partial charge in [-0.1, -0.05) is 12.8 Å². The van der Waals surface area contributed by atoms with Gasteiger partial charge in [0.1, 0.15) is 0 Å². The molecule has 3 nitrogen and oxygen atoms in total. The zero-order chi connectivity index (χ0) is 12.4. The van der Waals surface area contributed by atoms with Gasteiger partial charge < -0.3 is 4.90 Å². The molecule has 1 saturated carbocycles. The highest BCUT2D eigenvalue weighted by molar-refractivity contribution is 6.16. The Morgan fingerprint density at radius 2 is 1.78 bits per heavy atom. The van der Waals surface area contributed by atoms with Crippen LogP contribution in [-0.4, -0.2) is 23.3 Å². The molecule has 4 heteroatoms. The van der Waals surface area contributed by atoms with Crippen LogP contribution in [0.15, 0.2) is 12.1 Å². The van der Waals surface area contributed by atoms with Crippen LogP contribution in [-0.2, 0) is 5.88 Å². The Morgan fingerprint density at radius 1 is 1.06 bits per heavy atom. The first kappa shape index (κ1) is 12.2. The molecule has 1 aliphatic heterocycles. The van der Waals surface area contributed by atoms with E-state index in [4.69, 9.17) is 11.6 Å². The minimum Gasteiger partial charge on any atom is -0.355 e. The van der Waals surface area contributed by atoms with Crippen molar-refractivity contribution in [2.24, 2.45) is 5.41 Å². The number of rotatable bonds is 2. The second-order valence-corrected chi connectivity index (χ2v) is 5.98. The molecule has 1 spiro atoms. The molecule has 0 amide bonds. The number of nitrogens with zero attached hydrogens (tertiary/aromatic N) is 3. The first-order chi connectivity index (χ1) is 8.81. The van der Waals surface area contributed by atoms with E-state index < -0.39 is 0 Å². The van der Waals surface area contributed by atoms with Crippen LogP contribution in [0, 0.1) is 5.41 Å². The molecule has 0 bridgehead atoms. The molecule has 2 fully saturated rings. The molecule has 0 unspecified atom stereocenters. The Labute approximate surface area is 114 Å². The first-order valence-electron chi connectivity index (χ1n) is 6.95. The number of hydrogen-bond acceptors (Lipinski definition) is 3. The van der Waals surface area contributed by atoms with E-state index in [-0.39, 0.29) is 0 Å². The summed E-state index contributed by atoms with van der Waals surface area (Å²) in [4.78, 5) is 2.37. The lowest BCUT2D eigenvalue weighted by Gasteiger charge is -2.39. The van der Waals surface area contributed by atoms with E-state index in [2.05, 4.69) is 21.2 Å². The van der Waals surface area contributed by atoms with Gasteiger partial charge in [-0.2, -0.15) is 5.10 Å². The second kappa shape index (κ2) is 5.04. The van der Waals surface area contributed by atoms with Crippen molar-refractivity contribution in [3.05, 3.63) is 17.8 Å². The monoisotopic (exact) mass is 265 g/mol. The molecule has 1 saturated heterocycles. The number of hydrogen-bond donors (Lipinski definition) is 0. The van der Waals surface area contributed by atoms with E-state index in [1.54, 1.807) is 0 Å². The number of halogens is 1. The highest BCUT2D eigenvalue weighted by atomic mass is 35.5. The van der Waals surface area contributed by atoms with Crippen LogP contribution in [0.5, 0.6) is 0 Å². The predicted octanol–water partition coefficient (Wildman–Crippen LogP) is 3.38. The van der Waals surface area contributed by atoms with Gasteiger partial charge in [0.2, 0.25) is 0 Å². The third kappa shape index (κ3) is 2.33. The molecular weight excluding hydrogens is 246 g/mol. The molecule has 0 aromatic carbocycles. The molecule has 2 aliphatic rings. The molecule has 1 aromatic heterocycles. The molecule has 0 atom stereocenters. The van der Waals surface area contributed by atoms with Crippen LogP contribution in [0.25, 0.3) is 0 Å². The van der Waals surface area contributed by atoms with E-state index in [0.29, 0.717) is 11.3 Å². The lowest BCUT2D eigenvalue weighted by Crippen LogP contribution is -2.39. The summed E-state index contributed by atoms with van der Waals surface area (Å²) in [5, 5.41) is 8.42. The van der Waals surface area contributed by atoms with E-state index in [1.807, 2.05) is 6.07 Å². The SMILES string of the molecule is ClCc1ccc(N2CCC3(CCCC3)CC2)nn1. The first-order valence-corrected chi connectivity index (χ1v) is 7.48. The third-order valence-corrected chi connectivity index (χ3v) is 4.93. The molecule has 18 heavy (non-hydrogen) atoms. The van der Waals surface area contributed by atoms with Gasteiger partial charge in [0, 0.05) is 13.1 Å². The van der Waals surface area contributed by atoms with E-state index in [0.717, 1.165) is 24.6 Å². The third-order valence-electron chi connectivity index (χ3n) is 4.65. The molecule has 0 radical (unpaired) electrons. The quantitative estimate of drug-likeness (QED) is 0.768. The van der Waals surface area contributed by atoms with Gasteiger partial charge in [-0.05, 0) is 43.2 Å². The fourth-order valence-corrected chi connectivity index (χ4v) is 3.57. The number of piperidine rings is 1. The summed E-state index contributed by atoms with van der Waals surface area (Å²) in [5.41, 5.74) is 1.52. The number of anilines is 1. The van der Waals surface area contributed by atoms with Crippen molar-refractivity contribution in [3.63, 3.8) is 0 Å². The Kier molecular flexibility index (Phi) is 3.42. The number of alkyl halides is 1. The fraction of sp³-hybridized carbons (Fsp3) is 0.714. The average Bonchev–Trinajstić information content (AvgIpc) is 2.88. The van der Waals surface area contributed by atoms with Crippen molar-refractivity contribution < 1.29 is 0 Å². The summed E-state index contributed by atoms with van der Waals surface area (Å²) in [6, 6.07) is 4.03. The van der Waals surface area contributed by atoms with Crippen molar-refractivity contribution in [3.8, 4) is 0 Å². The molecule has 1 aliphatic carbocycles. The minimum atomic E-state index is 0.441. The van der Waals surface area contributed by atoms with Gasteiger partial charge in [0.15, 0.2) is 5.82 Å². The van der Waals surface area contributed by atoms with Crippen LogP contribution in [0.2, 0.25) is 0 Å². The van der Waals surface area contributed by atoms with E-state index >= 15 is 0 Å². The average molecular weight is 266 g/mol. The summed E-state index contributed by atoms with van der Waals surface area (Å²) in [6.45, 7) is 2.27. The van der Waals surface area contributed by atoms with E-state index in [1.165, 1.54) is 38.5 Å². The fourth-order valence-electron chi connectivity index (χ4n) is 3.43. The second-order valence-electron chi connectivity index (χ2n) is 5.71. The summed E-state index contributed by atoms with van der Waals surface area (Å²) in [5.74, 6) is 1.45. The molecule has 0 N–H and O–H groups in total. The van der Waals surface area contributed by atoms with Crippen LogP contribution in [0.4, 0.5) is 5.82 Å². The maximum atomic E-state index is 5.73. The Balaban J connectivity index is 1.64. The Bertz CT molecular complexity index is 388. The van der Waals surface area contributed by atoms with Crippen molar-refractivity contribution in [2.45, 2.75) is 44.4 Å².